The molecule has 20 heavy (non-hydrogen) atoms. The number of hydrogen-bond acceptors (Lipinski definition) is 3. The van der Waals surface area contributed by atoms with E-state index in [-0.39, 0.29) is 12.2 Å². The van der Waals surface area contributed by atoms with Crippen LogP contribution in [0.4, 0.5) is 0 Å². The summed E-state index contributed by atoms with van der Waals surface area (Å²) in [5.74, 6) is 0.902. The zero-order chi connectivity index (χ0) is 14.8. The molecule has 0 radical (unpaired) electrons. The predicted octanol–water partition coefficient (Wildman–Crippen LogP) is 3.94. The van der Waals surface area contributed by atoms with E-state index < -0.39 is 0 Å². The van der Waals surface area contributed by atoms with Crippen LogP contribution in [0, 0.1) is 0 Å². The fourth-order valence-electron chi connectivity index (χ4n) is 2.33. The third kappa shape index (κ3) is 5.51. The van der Waals surface area contributed by atoms with Crippen molar-refractivity contribution in [2.75, 3.05) is 20.2 Å². The Morgan fingerprint density at radius 2 is 1.90 bits per heavy atom. The topological polar surface area (TPSA) is 30.5 Å². The second kappa shape index (κ2) is 9.78. The molecule has 0 spiro atoms. The predicted molar refractivity (Wildman–Crippen MR) is 84.4 cm³/mol. The third-order valence-corrected chi connectivity index (χ3v) is 3.33. The number of methoxy groups -OCH3 is 1. The van der Waals surface area contributed by atoms with Crippen molar-refractivity contribution in [1.29, 1.82) is 0 Å². The summed E-state index contributed by atoms with van der Waals surface area (Å²) in [6.45, 7) is 8.34. The number of ether oxygens (including phenoxy) is 2. The lowest BCUT2D eigenvalue weighted by atomic mass is 10.1. The first-order chi connectivity index (χ1) is 9.72. The maximum Gasteiger partial charge on any atom is 0.124 e. The second-order valence-corrected chi connectivity index (χ2v) is 5.17. The van der Waals surface area contributed by atoms with Crippen LogP contribution in [0.5, 0.6) is 5.75 Å². The van der Waals surface area contributed by atoms with Gasteiger partial charge in [0.15, 0.2) is 0 Å². The molecule has 0 aliphatic carbocycles. The molecule has 114 valence electrons. The quantitative estimate of drug-likeness (QED) is 0.658. The van der Waals surface area contributed by atoms with Crippen LogP contribution >= 0.6 is 0 Å². The van der Waals surface area contributed by atoms with Crippen LogP contribution in [0.3, 0.4) is 0 Å². The molecule has 1 N–H and O–H groups in total. The van der Waals surface area contributed by atoms with Crippen LogP contribution in [0.25, 0.3) is 0 Å². The van der Waals surface area contributed by atoms with Gasteiger partial charge in [-0.15, -0.1) is 0 Å². The molecule has 0 aliphatic rings. The minimum Gasteiger partial charge on any atom is -0.496 e. The van der Waals surface area contributed by atoms with Crippen molar-refractivity contribution in [3.05, 3.63) is 29.8 Å². The van der Waals surface area contributed by atoms with E-state index in [0.717, 1.165) is 43.7 Å². The van der Waals surface area contributed by atoms with Gasteiger partial charge in [0.05, 0.1) is 19.3 Å². The van der Waals surface area contributed by atoms with Gasteiger partial charge in [0.25, 0.3) is 0 Å². The van der Waals surface area contributed by atoms with Crippen molar-refractivity contribution >= 4 is 0 Å². The van der Waals surface area contributed by atoms with Crippen LogP contribution < -0.4 is 10.1 Å². The fraction of sp³-hybridized carbons (Fsp3) is 0.647. The first-order valence-corrected chi connectivity index (χ1v) is 7.71. The van der Waals surface area contributed by atoms with Crippen molar-refractivity contribution in [1.82, 2.24) is 5.32 Å². The zero-order valence-electron chi connectivity index (χ0n) is 13.3. The molecule has 0 aliphatic heterocycles. The Bertz CT molecular complexity index is 368. The Balaban J connectivity index is 2.79. The lowest BCUT2D eigenvalue weighted by Gasteiger charge is -2.24. The van der Waals surface area contributed by atoms with E-state index in [9.17, 15) is 0 Å². The highest BCUT2D eigenvalue weighted by molar-refractivity contribution is 5.35. The summed E-state index contributed by atoms with van der Waals surface area (Å²) in [7, 11) is 1.71. The molecule has 1 rings (SSSR count). The molecular formula is C17H29NO2. The van der Waals surface area contributed by atoms with Crippen molar-refractivity contribution in [2.45, 2.75) is 52.2 Å². The van der Waals surface area contributed by atoms with Gasteiger partial charge < -0.3 is 14.8 Å². The molecule has 0 aromatic heterocycles. The van der Waals surface area contributed by atoms with Gasteiger partial charge in [0.1, 0.15) is 5.75 Å². The summed E-state index contributed by atoms with van der Waals surface area (Å²) < 4.78 is 11.7. The molecule has 0 heterocycles. The van der Waals surface area contributed by atoms with Crippen LogP contribution in [0.2, 0.25) is 0 Å². The van der Waals surface area contributed by atoms with Gasteiger partial charge in [-0.05, 0) is 32.4 Å². The van der Waals surface area contributed by atoms with E-state index >= 15 is 0 Å². The van der Waals surface area contributed by atoms with Crippen molar-refractivity contribution in [2.24, 2.45) is 0 Å². The van der Waals surface area contributed by atoms with E-state index in [4.69, 9.17) is 9.47 Å². The van der Waals surface area contributed by atoms with Crippen molar-refractivity contribution in [3.63, 3.8) is 0 Å². The highest BCUT2D eigenvalue weighted by Gasteiger charge is 2.18. The number of hydrogen-bond donors (Lipinski definition) is 1. The second-order valence-electron chi connectivity index (χ2n) is 5.17. The summed E-state index contributed by atoms with van der Waals surface area (Å²) in [6, 6.07) is 8.12. The Morgan fingerprint density at radius 3 is 2.55 bits per heavy atom. The number of para-hydroxylation sites is 1. The number of benzene rings is 1. The average Bonchev–Trinajstić information content (AvgIpc) is 2.46. The van der Waals surface area contributed by atoms with Gasteiger partial charge >= 0.3 is 0 Å². The summed E-state index contributed by atoms with van der Waals surface area (Å²) in [6.07, 6.45) is 3.66. The van der Waals surface area contributed by atoms with Crippen LogP contribution in [-0.4, -0.2) is 26.3 Å². The van der Waals surface area contributed by atoms with Crippen LogP contribution in [0.1, 0.15) is 51.7 Å². The Hall–Kier alpha value is -1.06. The largest absolute Gasteiger partial charge is 0.496 e. The fourth-order valence-corrected chi connectivity index (χ4v) is 2.33. The highest BCUT2D eigenvalue weighted by Crippen LogP contribution is 2.28. The molecule has 2 atom stereocenters. The summed E-state index contributed by atoms with van der Waals surface area (Å²) in [5.41, 5.74) is 1.13. The van der Waals surface area contributed by atoms with Crippen molar-refractivity contribution in [3.8, 4) is 5.75 Å². The Labute approximate surface area is 123 Å². The maximum absolute atomic E-state index is 6.22. The standard InChI is InChI=1S/C17H29NO2/c1-5-9-14(3)20-17(13-18-12-6-2)15-10-7-8-11-16(15)19-4/h7-8,10-11,14,17-18H,5-6,9,12-13H2,1-4H3. The van der Waals surface area contributed by atoms with E-state index in [1.54, 1.807) is 7.11 Å². The summed E-state index contributed by atoms with van der Waals surface area (Å²) in [5, 5.41) is 3.45. The van der Waals surface area contributed by atoms with Gasteiger partial charge in [-0.3, -0.25) is 0 Å². The smallest absolute Gasteiger partial charge is 0.124 e. The van der Waals surface area contributed by atoms with Gasteiger partial charge in [-0.1, -0.05) is 38.5 Å². The monoisotopic (exact) mass is 279 g/mol. The SMILES string of the molecule is CCCNCC(OC(C)CCC)c1ccccc1OC. The first-order valence-electron chi connectivity index (χ1n) is 7.71. The number of rotatable bonds is 10. The van der Waals surface area contributed by atoms with E-state index in [1.807, 2.05) is 18.2 Å². The molecule has 1 aromatic carbocycles. The van der Waals surface area contributed by atoms with E-state index in [0.29, 0.717) is 0 Å². The van der Waals surface area contributed by atoms with Crippen LogP contribution in [-0.2, 0) is 4.74 Å². The molecule has 2 unspecified atom stereocenters. The van der Waals surface area contributed by atoms with E-state index in [2.05, 4.69) is 32.2 Å². The van der Waals surface area contributed by atoms with Crippen molar-refractivity contribution < 1.29 is 9.47 Å². The molecule has 3 heteroatoms. The maximum atomic E-state index is 6.22. The first kappa shape index (κ1) is 17.0. The molecule has 0 fully saturated rings. The molecule has 1 aromatic rings. The minimum atomic E-state index is 0.0410. The minimum absolute atomic E-state index is 0.0410. The third-order valence-electron chi connectivity index (χ3n) is 3.33. The molecule has 3 nitrogen and oxygen atoms in total. The summed E-state index contributed by atoms with van der Waals surface area (Å²) in [4.78, 5) is 0. The normalized spacial score (nSPS) is 14.0. The highest BCUT2D eigenvalue weighted by atomic mass is 16.5. The van der Waals surface area contributed by atoms with Gasteiger partial charge in [0.2, 0.25) is 0 Å². The van der Waals surface area contributed by atoms with Gasteiger partial charge in [-0.2, -0.15) is 0 Å². The summed E-state index contributed by atoms with van der Waals surface area (Å²) >= 11 is 0. The van der Waals surface area contributed by atoms with Crippen LogP contribution in [0.15, 0.2) is 24.3 Å². The lowest BCUT2D eigenvalue weighted by molar-refractivity contribution is -0.00817. The molecule has 0 saturated heterocycles. The Kier molecular flexibility index (Phi) is 8.31. The average molecular weight is 279 g/mol. The zero-order valence-corrected chi connectivity index (χ0v) is 13.3. The van der Waals surface area contributed by atoms with Gasteiger partial charge in [-0.25, -0.2) is 0 Å². The van der Waals surface area contributed by atoms with Gasteiger partial charge in [0, 0.05) is 12.1 Å². The van der Waals surface area contributed by atoms with E-state index in [1.165, 1.54) is 0 Å². The molecular weight excluding hydrogens is 250 g/mol. The molecule has 0 saturated carbocycles. The molecule has 0 bridgehead atoms. The lowest BCUT2D eigenvalue weighted by Crippen LogP contribution is -2.27. The Morgan fingerprint density at radius 1 is 1.15 bits per heavy atom. The number of nitrogens with one attached hydrogen (secondary N) is 1. The molecule has 0 amide bonds.